The predicted molar refractivity (Wildman–Crippen MR) is 84.4 cm³/mol. The smallest absolute Gasteiger partial charge is 0.243 e. The second kappa shape index (κ2) is 6.16. The number of amides is 1. The van der Waals surface area contributed by atoms with Crippen molar-refractivity contribution in [3.8, 4) is 11.5 Å². The maximum Gasteiger partial charge on any atom is 0.243 e. The molecule has 0 radical (unpaired) electrons. The van der Waals surface area contributed by atoms with E-state index in [1.807, 2.05) is 6.07 Å². The van der Waals surface area contributed by atoms with Crippen LogP contribution in [-0.4, -0.2) is 28.8 Å². The van der Waals surface area contributed by atoms with Gasteiger partial charge in [-0.1, -0.05) is 6.92 Å². The van der Waals surface area contributed by atoms with Crippen molar-refractivity contribution in [3.05, 3.63) is 47.9 Å². The Kier molecular flexibility index (Phi) is 4.06. The summed E-state index contributed by atoms with van der Waals surface area (Å²) in [6, 6.07) is 8.36. The number of hydrogen-bond acceptors (Lipinski definition) is 5. The molecule has 6 nitrogen and oxygen atoms in total. The van der Waals surface area contributed by atoms with E-state index in [2.05, 4.69) is 5.10 Å². The fraction of sp³-hybridized carbons (Fsp3) is 0.294. The van der Waals surface area contributed by atoms with Gasteiger partial charge in [0.05, 0.1) is 19.1 Å². The number of hydrazone groups is 1. The number of furan rings is 1. The molecule has 0 fully saturated rings. The summed E-state index contributed by atoms with van der Waals surface area (Å²) in [4.78, 5) is 12.2. The van der Waals surface area contributed by atoms with Crippen LogP contribution in [0.15, 0.2) is 46.1 Å². The Morgan fingerprint density at radius 2 is 2.30 bits per heavy atom. The van der Waals surface area contributed by atoms with Crippen molar-refractivity contribution < 1.29 is 19.1 Å². The minimum Gasteiger partial charge on any atom is -0.507 e. The highest BCUT2D eigenvalue weighted by atomic mass is 16.5. The number of carbonyl (C=O) groups is 1. The highest BCUT2D eigenvalue weighted by molar-refractivity contribution is 6.05. The summed E-state index contributed by atoms with van der Waals surface area (Å²) >= 11 is 0. The molecule has 1 aliphatic heterocycles. The molecule has 1 atom stereocenters. The number of benzene rings is 1. The number of phenolic OH excluding ortho intramolecular Hbond substituents is 1. The SMILES string of the molecule is CCC(=O)N1N=C(c2ccc(OC)cc2O)CC1c1ccco1. The molecule has 1 amide bonds. The third-order valence-electron chi connectivity index (χ3n) is 3.86. The Balaban J connectivity index is 1.96. The van der Waals surface area contributed by atoms with Crippen LogP contribution in [0.3, 0.4) is 0 Å². The van der Waals surface area contributed by atoms with E-state index in [9.17, 15) is 9.90 Å². The number of methoxy groups -OCH3 is 1. The van der Waals surface area contributed by atoms with Gasteiger partial charge in [0.2, 0.25) is 5.91 Å². The number of rotatable bonds is 4. The molecule has 1 N–H and O–H groups in total. The van der Waals surface area contributed by atoms with Crippen LogP contribution in [0.4, 0.5) is 0 Å². The summed E-state index contributed by atoms with van der Waals surface area (Å²) in [5.74, 6) is 1.23. The summed E-state index contributed by atoms with van der Waals surface area (Å²) in [6.07, 6.45) is 2.41. The Labute approximate surface area is 134 Å². The second-order valence-corrected chi connectivity index (χ2v) is 5.26. The van der Waals surface area contributed by atoms with E-state index < -0.39 is 0 Å². The molecule has 120 valence electrons. The fourth-order valence-corrected chi connectivity index (χ4v) is 2.65. The van der Waals surface area contributed by atoms with E-state index in [0.717, 1.165) is 0 Å². The third kappa shape index (κ3) is 2.79. The molecule has 1 aromatic heterocycles. The van der Waals surface area contributed by atoms with Crippen molar-refractivity contribution in [3.63, 3.8) is 0 Å². The summed E-state index contributed by atoms with van der Waals surface area (Å²) < 4.78 is 10.5. The molecule has 6 heteroatoms. The van der Waals surface area contributed by atoms with Gasteiger partial charge in [-0.15, -0.1) is 0 Å². The van der Waals surface area contributed by atoms with Crippen molar-refractivity contribution in [2.24, 2.45) is 5.10 Å². The molecule has 3 rings (SSSR count). The molecular weight excluding hydrogens is 296 g/mol. The summed E-state index contributed by atoms with van der Waals surface area (Å²) in [7, 11) is 1.54. The van der Waals surface area contributed by atoms with E-state index in [4.69, 9.17) is 9.15 Å². The molecular formula is C17H18N2O4. The van der Waals surface area contributed by atoms with E-state index >= 15 is 0 Å². The maximum absolute atomic E-state index is 12.2. The molecule has 2 aromatic rings. The number of carbonyl (C=O) groups excluding carboxylic acids is 1. The lowest BCUT2D eigenvalue weighted by Gasteiger charge is -2.18. The van der Waals surface area contributed by atoms with Crippen LogP contribution in [0.5, 0.6) is 11.5 Å². The maximum atomic E-state index is 12.2. The van der Waals surface area contributed by atoms with Gasteiger partial charge in [-0.05, 0) is 24.3 Å². The first-order valence-electron chi connectivity index (χ1n) is 7.44. The van der Waals surface area contributed by atoms with Gasteiger partial charge in [0.25, 0.3) is 0 Å². The predicted octanol–water partition coefficient (Wildman–Crippen LogP) is 3.08. The van der Waals surface area contributed by atoms with Crippen LogP contribution in [0.2, 0.25) is 0 Å². The lowest BCUT2D eigenvalue weighted by atomic mass is 10.0. The van der Waals surface area contributed by atoms with E-state index in [1.54, 1.807) is 31.4 Å². The van der Waals surface area contributed by atoms with Crippen molar-refractivity contribution in [1.29, 1.82) is 0 Å². The standard InChI is InChI=1S/C17H18N2O4/c1-3-17(21)19-14(16-5-4-8-23-16)10-13(18-19)12-7-6-11(22-2)9-15(12)20/h4-9,14,20H,3,10H2,1-2H3. The molecule has 1 unspecified atom stereocenters. The van der Waals surface area contributed by atoms with Gasteiger partial charge >= 0.3 is 0 Å². The molecule has 1 aliphatic rings. The Hall–Kier alpha value is -2.76. The average molecular weight is 314 g/mol. The zero-order valence-electron chi connectivity index (χ0n) is 13.0. The number of nitrogens with zero attached hydrogens (tertiary/aromatic N) is 2. The van der Waals surface area contributed by atoms with Gasteiger partial charge in [-0.3, -0.25) is 4.79 Å². The van der Waals surface area contributed by atoms with Crippen LogP contribution in [0, 0.1) is 0 Å². The normalized spacial score (nSPS) is 17.2. The Morgan fingerprint density at radius 3 is 2.91 bits per heavy atom. The molecule has 0 aliphatic carbocycles. The second-order valence-electron chi connectivity index (χ2n) is 5.26. The van der Waals surface area contributed by atoms with Crippen molar-refractivity contribution in [2.45, 2.75) is 25.8 Å². The average Bonchev–Trinajstić information content (AvgIpc) is 3.23. The lowest BCUT2D eigenvalue weighted by Crippen LogP contribution is -2.25. The van der Waals surface area contributed by atoms with Crippen LogP contribution < -0.4 is 4.74 Å². The van der Waals surface area contributed by atoms with Crippen LogP contribution in [0.1, 0.15) is 37.1 Å². The molecule has 2 heterocycles. The van der Waals surface area contributed by atoms with Crippen LogP contribution in [0.25, 0.3) is 0 Å². The van der Waals surface area contributed by atoms with Gasteiger partial charge in [0, 0.05) is 24.5 Å². The van der Waals surface area contributed by atoms with E-state index in [1.165, 1.54) is 18.2 Å². The molecule has 1 aromatic carbocycles. The molecule has 0 bridgehead atoms. The van der Waals surface area contributed by atoms with Gasteiger partial charge in [0.15, 0.2) is 0 Å². The van der Waals surface area contributed by atoms with E-state index in [0.29, 0.717) is 35.6 Å². The molecule has 0 saturated heterocycles. The monoisotopic (exact) mass is 314 g/mol. The van der Waals surface area contributed by atoms with Crippen molar-refractivity contribution in [2.75, 3.05) is 7.11 Å². The van der Waals surface area contributed by atoms with Gasteiger partial charge in [0.1, 0.15) is 23.3 Å². The van der Waals surface area contributed by atoms with E-state index in [-0.39, 0.29) is 17.7 Å². The number of phenols is 1. The summed E-state index contributed by atoms with van der Waals surface area (Å²) in [5, 5.41) is 16.1. The zero-order valence-corrected chi connectivity index (χ0v) is 13.0. The van der Waals surface area contributed by atoms with Gasteiger partial charge < -0.3 is 14.3 Å². The minimum absolute atomic E-state index is 0.0760. The van der Waals surface area contributed by atoms with Crippen molar-refractivity contribution in [1.82, 2.24) is 5.01 Å². The van der Waals surface area contributed by atoms with Crippen LogP contribution >= 0.6 is 0 Å². The first kappa shape index (κ1) is 15.1. The topological polar surface area (TPSA) is 75.3 Å². The van der Waals surface area contributed by atoms with Crippen LogP contribution in [-0.2, 0) is 4.79 Å². The first-order chi connectivity index (χ1) is 11.1. The number of aromatic hydroxyl groups is 1. The Morgan fingerprint density at radius 1 is 1.48 bits per heavy atom. The molecule has 0 saturated carbocycles. The quantitative estimate of drug-likeness (QED) is 0.941. The third-order valence-corrected chi connectivity index (χ3v) is 3.86. The highest BCUT2D eigenvalue weighted by Crippen LogP contribution is 2.36. The number of hydrogen-bond donors (Lipinski definition) is 1. The first-order valence-corrected chi connectivity index (χ1v) is 7.44. The van der Waals surface area contributed by atoms with Gasteiger partial charge in [-0.25, -0.2) is 5.01 Å². The molecule has 23 heavy (non-hydrogen) atoms. The molecule has 0 spiro atoms. The minimum atomic E-state index is -0.283. The lowest BCUT2D eigenvalue weighted by molar-refractivity contribution is -0.133. The van der Waals surface area contributed by atoms with Crippen molar-refractivity contribution >= 4 is 11.6 Å². The zero-order chi connectivity index (χ0) is 16.4. The Bertz CT molecular complexity index is 737. The summed E-state index contributed by atoms with van der Waals surface area (Å²) in [5.41, 5.74) is 1.24. The summed E-state index contributed by atoms with van der Waals surface area (Å²) in [6.45, 7) is 1.79. The largest absolute Gasteiger partial charge is 0.507 e. The highest BCUT2D eigenvalue weighted by Gasteiger charge is 2.34. The number of ether oxygens (including phenoxy) is 1. The fourth-order valence-electron chi connectivity index (χ4n) is 2.65. The van der Waals surface area contributed by atoms with Gasteiger partial charge in [-0.2, -0.15) is 5.10 Å².